The van der Waals surface area contributed by atoms with Crippen molar-refractivity contribution < 1.29 is 19.5 Å². The molecule has 0 heterocycles. The van der Waals surface area contributed by atoms with Crippen molar-refractivity contribution >= 4 is 17.3 Å². The Kier molecular flexibility index (Phi) is 4.29. The third-order valence-electron chi connectivity index (χ3n) is 4.52. The Morgan fingerprint density at radius 1 is 1.00 bits per heavy atom. The third kappa shape index (κ3) is 2.85. The molecule has 0 unspecified atom stereocenters. The van der Waals surface area contributed by atoms with Crippen LogP contribution in [0.25, 0.3) is 0 Å². The van der Waals surface area contributed by atoms with E-state index in [0.717, 1.165) is 5.56 Å². The van der Waals surface area contributed by atoms with Gasteiger partial charge in [0, 0.05) is 6.42 Å². The largest absolute Gasteiger partial charge is 0.510 e. The fourth-order valence-corrected chi connectivity index (χ4v) is 3.01. The molecule has 0 atom stereocenters. The lowest BCUT2D eigenvalue weighted by molar-refractivity contribution is -0.145. The first kappa shape index (κ1) is 17.1. The van der Waals surface area contributed by atoms with E-state index >= 15 is 0 Å². The number of Topliss-reactive ketones (excluding diaryl/α,β-unsaturated/α-hetero) is 3. The summed E-state index contributed by atoms with van der Waals surface area (Å²) in [6.45, 7) is 6.11. The maximum Gasteiger partial charge on any atom is 0.182 e. The predicted octanol–water partition coefficient (Wildman–Crippen LogP) is 3.20. The molecule has 0 aromatic heterocycles. The van der Waals surface area contributed by atoms with Gasteiger partial charge in [-0.2, -0.15) is 0 Å². The first-order valence-corrected chi connectivity index (χ1v) is 7.70. The highest BCUT2D eigenvalue weighted by Crippen LogP contribution is 2.43. The molecule has 23 heavy (non-hydrogen) atoms. The summed E-state index contributed by atoms with van der Waals surface area (Å²) in [5.74, 6) is -1.76. The van der Waals surface area contributed by atoms with E-state index in [-0.39, 0.29) is 17.8 Å². The summed E-state index contributed by atoms with van der Waals surface area (Å²) < 4.78 is 0. The van der Waals surface area contributed by atoms with Crippen LogP contribution in [0.5, 0.6) is 0 Å². The molecule has 1 aliphatic rings. The molecule has 0 saturated heterocycles. The summed E-state index contributed by atoms with van der Waals surface area (Å²) >= 11 is 0. The van der Waals surface area contributed by atoms with E-state index in [1.54, 1.807) is 13.8 Å². The highest BCUT2D eigenvalue weighted by Gasteiger charge is 2.54. The van der Waals surface area contributed by atoms with Gasteiger partial charge in [-0.3, -0.25) is 14.4 Å². The average Bonchev–Trinajstić information content (AvgIpc) is 2.51. The summed E-state index contributed by atoms with van der Waals surface area (Å²) in [5, 5.41) is 10.4. The summed E-state index contributed by atoms with van der Waals surface area (Å²) in [6.07, 6.45) is 0.605. The molecule has 4 nitrogen and oxygen atoms in total. The minimum Gasteiger partial charge on any atom is -0.510 e. The summed E-state index contributed by atoms with van der Waals surface area (Å²) in [4.78, 5) is 37.5. The SMILES string of the molecule is CC1(C)C(=O)C(C(=O)CCc2ccccc2)=C(O)C(C)(C)C1=O. The highest BCUT2D eigenvalue weighted by molar-refractivity contribution is 6.30. The second kappa shape index (κ2) is 5.76. The smallest absolute Gasteiger partial charge is 0.182 e. The van der Waals surface area contributed by atoms with Crippen LogP contribution < -0.4 is 0 Å². The molecular formula is C19H22O4. The Morgan fingerprint density at radius 2 is 1.57 bits per heavy atom. The number of carbonyl (C=O) groups is 3. The van der Waals surface area contributed by atoms with Crippen LogP contribution >= 0.6 is 0 Å². The Balaban J connectivity index is 2.32. The lowest BCUT2D eigenvalue weighted by Crippen LogP contribution is -2.50. The van der Waals surface area contributed by atoms with Gasteiger partial charge in [0.25, 0.3) is 0 Å². The van der Waals surface area contributed by atoms with E-state index in [1.807, 2.05) is 30.3 Å². The van der Waals surface area contributed by atoms with Crippen molar-refractivity contribution in [3.05, 3.63) is 47.2 Å². The Morgan fingerprint density at radius 3 is 2.13 bits per heavy atom. The molecule has 122 valence electrons. The van der Waals surface area contributed by atoms with Crippen molar-refractivity contribution in [3.63, 3.8) is 0 Å². The fraction of sp³-hybridized carbons (Fsp3) is 0.421. The van der Waals surface area contributed by atoms with E-state index in [1.165, 1.54) is 13.8 Å². The van der Waals surface area contributed by atoms with Gasteiger partial charge in [0.1, 0.15) is 11.3 Å². The molecule has 0 aliphatic heterocycles. The summed E-state index contributed by atoms with van der Waals surface area (Å²) in [7, 11) is 0. The number of hydrogen-bond acceptors (Lipinski definition) is 4. The molecule has 0 spiro atoms. The molecule has 0 amide bonds. The Hall–Kier alpha value is -2.23. The molecule has 0 fully saturated rings. The standard InChI is InChI=1S/C19H22O4/c1-18(2)15(21)14(16(22)19(3,4)17(18)23)13(20)11-10-12-8-6-5-7-9-12/h5-9,21H,10-11H2,1-4H3. The van der Waals surface area contributed by atoms with Gasteiger partial charge in [0.15, 0.2) is 17.3 Å². The molecule has 1 aromatic carbocycles. The number of aliphatic hydroxyl groups excluding tert-OH is 1. The number of benzene rings is 1. The van der Waals surface area contributed by atoms with Gasteiger partial charge in [0.2, 0.25) is 0 Å². The average molecular weight is 314 g/mol. The van der Waals surface area contributed by atoms with E-state index < -0.39 is 28.2 Å². The van der Waals surface area contributed by atoms with Crippen LogP contribution in [0.4, 0.5) is 0 Å². The van der Waals surface area contributed by atoms with Crippen LogP contribution in [0.2, 0.25) is 0 Å². The molecule has 2 rings (SSSR count). The maximum atomic E-state index is 12.5. The Bertz CT molecular complexity index is 693. The van der Waals surface area contributed by atoms with Gasteiger partial charge in [-0.05, 0) is 39.7 Å². The molecule has 4 heteroatoms. The summed E-state index contributed by atoms with van der Waals surface area (Å²) in [6, 6.07) is 9.46. The number of aryl methyl sites for hydroxylation is 1. The van der Waals surface area contributed by atoms with Gasteiger partial charge in [0.05, 0.1) is 10.8 Å². The predicted molar refractivity (Wildman–Crippen MR) is 87.0 cm³/mol. The number of aliphatic hydroxyl groups is 1. The van der Waals surface area contributed by atoms with Crippen molar-refractivity contribution in [1.29, 1.82) is 0 Å². The van der Waals surface area contributed by atoms with Crippen LogP contribution in [0, 0.1) is 10.8 Å². The van der Waals surface area contributed by atoms with Crippen molar-refractivity contribution in [2.75, 3.05) is 0 Å². The van der Waals surface area contributed by atoms with Gasteiger partial charge < -0.3 is 5.11 Å². The van der Waals surface area contributed by atoms with Crippen LogP contribution in [-0.2, 0) is 20.8 Å². The van der Waals surface area contributed by atoms with Crippen LogP contribution in [0.3, 0.4) is 0 Å². The second-order valence-electron chi connectivity index (χ2n) is 7.04. The van der Waals surface area contributed by atoms with Gasteiger partial charge in [-0.1, -0.05) is 30.3 Å². The van der Waals surface area contributed by atoms with Crippen molar-refractivity contribution in [3.8, 4) is 0 Å². The monoisotopic (exact) mass is 314 g/mol. The van der Waals surface area contributed by atoms with E-state index in [9.17, 15) is 19.5 Å². The van der Waals surface area contributed by atoms with Gasteiger partial charge in [-0.25, -0.2) is 0 Å². The van der Waals surface area contributed by atoms with Crippen molar-refractivity contribution in [2.24, 2.45) is 10.8 Å². The lowest BCUT2D eigenvalue weighted by atomic mass is 9.63. The Labute approximate surface area is 136 Å². The number of carbonyl (C=O) groups excluding carboxylic acids is 3. The fourth-order valence-electron chi connectivity index (χ4n) is 3.01. The summed E-state index contributed by atoms with van der Waals surface area (Å²) in [5.41, 5.74) is -1.75. The number of rotatable bonds is 4. The first-order chi connectivity index (χ1) is 10.6. The molecular weight excluding hydrogens is 292 g/mol. The number of hydrogen-bond donors (Lipinski definition) is 1. The number of ketones is 3. The first-order valence-electron chi connectivity index (χ1n) is 7.70. The van der Waals surface area contributed by atoms with E-state index in [0.29, 0.717) is 6.42 Å². The zero-order chi connectivity index (χ0) is 17.4. The quantitative estimate of drug-likeness (QED) is 0.684. The zero-order valence-electron chi connectivity index (χ0n) is 14.0. The maximum absolute atomic E-state index is 12.5. The van der Waals surface area contributed by atoms with Crippen molar-refractivity contribution in [1.82, 2.24) is 0 Å². The molecule has 1 N–H and O–H groups in total. The minimum absolute atomic E-state index is 0.121. The van der Waals surface area contributed by atoms with Crippen LogP contribution in [-0.4, -0.2) is 22.5 Å². The van der Waals surface area contributed by atoms with Crippen LogP contribution in [0.15, 0.2) is 41.7 Å². The van der Waals surface area contributed by atoms with E-state index in [4.69, 9.17) is 0 Å². The molecule has 1 aromatic rings. The highest BCUT2D eigenvalue weighted by atomic mass is 16.3. The van der Waals surface area contributed by atoms with Gasteiger partial charge >= 0.3 is 0 Å². The minimum atomic E-state index is -1.30. The third-order valence-corrected chi connectivity index (χ3v) is 4.52. The topological polar surface area (TPSA) is 71.4 Å². The van der Waals surface area contributed by atoms with E-state index in [2.05, 4.69) is 0 Å². The van der Waals surface area contributed by atoms with Crippen molar-refractivity contribution in [2.45, 2.75) is 40.5 Å². The molecule has 0 saturated carbocycles. The van der Waals surface area contributed by atoms with Gasteiger partial charge in [-0.15, -0.1) is 0 Å². The zero-order valence-corrected chi connectivity index (χ0v) is 14.0. The molecule has 0 bridgehead atoms. The molecule has 1 aliphatic carbocycles. The van der Waals surface area contributed by atoms with Crippen LogP contribution in [0.1, 0.15) is 39.7 Å². The second-order valence-corrected chi connectivity index (χ2v) is 7.04. The lowest BCUT2D eigenvalue weighted by Gasteiger charge is -2.37. The number of allylic oxidation sites excluding steroid dienone is 2. The molecule has 0 radical (unpaired) electrons. The normalized spacial score (nSPS) is 19.8.